The van der Waals surface area contributed by atoms with Crippen molar-refractivity contribution in [2.75, 3.05) is 39.3 Å². The minimum absolute atomic E-state index is 0.0862. The SMILES string of the molecule is COc1cc(N(CCNC(=O)C2CCCCC2)C(C)=O)cc(OC)c1OC. The molecule has 0 atom stereocenters. The van der Waals surface area contributed by atoms with Crippen molar-refractivity contribution in [1.29, 1.82) is 0 Å². The van der Waals surface area contributed by atoms with Crippen LogP contribution in [-0.4, -0.2) is 46.2 Å². The Labute approximate surface area is 161 Å². The van der Waals surface area contributed by atoms with Crippen molar-refractivity contribution >= 4 is 17.5 Å². The minimum Gasteiger partial charge on any atom is -0.493 e. The number of carbonyl (C=O) groups excluding carboxylic acids is 2. The lowest BCUT2D eigenvalue weighted by molar-refractivity contribution is -0.126. The smallest absolute Gasteiger partial charge is 0.223 e. The molecule has 1 aliphatic carbocycles. The van der Waals surface area contributed by atoms with Crippen molar-refractivity contribution < 1.29 is 23.8 Å². The van der Waals surface area contributed by atoms with E-state index in [1.165, 1.54) is 34.7 Å². The van der Waals surface area contributed by atoms with Crippen molar-refractivity contribution in [2.45, 2.75) is 39.0 Å². The van der Waals surface area contributed by atoms with Crippen LogP contribution in [0.5, 0.6) is 17.2 Å². The molecule has 0 spiro atoms. The van der Waals surface area contributed by atoms with Crippen LogP contribution in [0.2, 0.25) is 0 Å². The Morgan fingerprint density at radius 3 is 2.11 bits per heavy atom. The molecular weight excluding hydrogens is 348 g/mol. The number of anilines is 1. The molecule has 1 fully saturated rings. The summed E-state index contributed by atoms with van der Waals surface area (Å²) >= 11 is 0. The number of nitrogens with zero attached hydrogens (tertiary/aromatic N) is 1. The van der Waals surface area contributed by atoms with E-state index in [1.54, 1.807) is 17.0 Å². The molecule has 27 heavy (non-hydrogen) atoms. The predicted octanol–water partition coefficient (Wildman–Crippen LogP) is 2.76. The molecule has 2 amide bonds. The first-order valence-corrected chi connectivity index (χ1v) is 9.37. The Hall–Kier alpha value is -2.44. The van der Waals surface area contributed by atoms with Crippen LogP contribution in [-0.2, 0) is 9.59 Å². The zero-order valence-corrected chi connectivity index (χ0v) is 16.7. The lowest BCUT2D eigenvalue weighted by atomic mass is 9.89. The lowest BCUT2D eigenvalue weighted by Gasteiger charge is -2.25. The number of amides is 2. The van der Waals surface area contributed by atoms with Crippen LogP contribution < -0.4 is 24.4 Å². The van der Waals surface area contributed by atoms with Crippen molar-refractivity contribution in [1.82, 2.24) is 5.32 Å². The number of nitrogens with one attached hydrogen (secondary N) is 1. The Kier molecular flexibility index (Phi) is 7.76. The van der Waals surface area contributed by atoms with Crippen molar-refractivity contribution in [3.8, 4) is 17.2 Å². The van der Waals surface area contributed by atoms with Gasteiger partial charge in [-0.25, -0.2) is 0 Å². The van der Waals surface area contributed by atoms with Crippen molar-refractivity contribution in [3.63, 3.8) is 0 Å². The highest BCUT2D eigenvalue weighted by Gasteiger charge is 2.22. The fourth-order valence-corrected chi connectivity index (χ4v) is 3.49. The first-order chi connectivity index (χ1) is 13.0. The molecular formula is C20H30N2O5. The standard InChI is InChI=1S/C20H30N2O5/c1-14(23)22(11-10-21-20(24)15-8-6-5-7-9-15)16-12-17(25-2)19(27-4)18(13-16)26-3/h12-13,15H,5-11H2,1-4H3,(H,21,24). The highest BCUT2D eigenvalue weighted by Crippen LogP contribution is 2.41. The molecule has 1 saturated carbocycles. The highest BCUT2D eigenvalue weighted by molar-refractivity contribution is 5.92. The molecule has 0 aliphatic heterocycles. The predicted molar refractivity (Wildman–Crippen MR) is 104 cm³/mol. The summed E-state index contributed by atoms with van der Waals surface area (Å²) in [4.78, 5) is 26.1. The molecule has 7 heteroatoms. The monoisotopic (exact) mass is 378 g/mol. The van der Waals surface area contributed by atoms with Gasteiger partial charge < -0.3 is 24.4 Å². The Bertz CT molecular complexity index is 631. The molecule has 1 N–H and O–H groups in total. The quantitative estimate of drug-likeness (QED) is 0.753. The summed E-state index contributed by atoms with van der Waals surface area (Å²) in [5, 5.41) is 2.97. The molecule has 0 heterocycles. The zero-order chi connectivity index (χ0) is 19.8. The van der Waals surface area contributed by atoms with Crippen LogP contribution in [0, 0.1) is 5.92 Å². The normalized spacial score (nSPS) is 14.4. The second-order valence-electron chi connectivity index (χ2n) is 6.68. The van der Waals surface area contributed by atoms with Crippen molar-refractivity contribution in [3.05, 3.63) is 12.1 Å². The van der Waals surface area contributed by atoms with Crippen LogP contribution in [0.25, 0.3) is 0 Å². The average molecular weight is 378 g/mol. The molecule has 0 radical (unpaired) electrons. The van der Waals surface area contributed by atoms with E-state index in [0.717, 1.165) is 25.7 Å². The van der Waals surface area contributed by atoms with E-state index in [1.807, 2.05) is 0 Å². The van der Waals surface area contributed by atoms with Gasteiger partial charge in [0.05, 0.1) is 27.0 Å². The number of methoxy groups -OCH3 is 3. The minimum atomic E-state index is -0.129. The highest BCUT2D eigenvalue weighted by atomic mass is 16.5. The van der Waals surface area contributed by atoms with Gasteiger partial charge in [-0.1, -0.05) is 19.3 Å². The van der Waals surface area contributed by atoms with Gasteiger partial charge in [0.25, 0.3) is 0 Å². The van der Waals surface area contributed by atoms with Crippen LogP contribution in [0.4, 0.5) is 5.69 Å². The average Bonchev–Trinajstić information content (AvgIpc) is 2.70. The lowest BCUT2D eigenvalue weighted by Crippen LogP contribution is -2.40. The van der Waals surface area contributed by atoms with Gasteiger partial charge in [-0.3, -0.25) is 9.59 Å². The number of rotatable bonds is 8. The largest absolute Gasteiger partial charge is 0.493 e. The van der Waals surface area contributed by atoms with E-state index in [0.29, 0.717) is 36.0 Å². The zero-order valence-electron chi connectivity index (χ0n) is 16.7. The van der Waals surface area contributed by atoms with Crippen LogP contribution in [0.3, 0.4) is 0 Å². The first-order valence-electron chi connectivity index (χ1n) is 9.37. The molecule has 1 aliphatic rings. The Morgan fingerprint density at radius 1 is 1.04 bits per heavy atom. The summed E-state index contributed by atoms with van der Waals surface area (Å²) in [6, 6.07) is 3.46. The summed E-state index contributed by atoms with van der Waals surface area (Å²) in [5.41, 5.74) is 0.629. The maximum atomic E-state index is 12.3. The van der Waals surface area contributed by atoms with Gasteiger partial charge in [-0.15, -0.1) is 0 Å². The molecule has 0 bridgehead atoms. The van der Waals surface area contributed by atoms with E-state index >= 15 is 0 Å². The summed E-state index contributed by atoms with van der Waals surface area (Å²) < 4.78 is 16.0. The van der Waals surface area contributed by atoms with E-state index in [2.05, 4.69) is 5.32 Å². The topological polar surface area (TPSA) is 77.1 Å². The number of hydrogen-bond acceptors (Lipinski definition) is 5. The van der Waals surface area contributed by atoms with Crippen LogP contribution in [0.15, 0.2) is 12.1 Å². The molecule has 1 aromatic carbocycles. The summed E-state index contributed by atoms with van der Waals surface area (Å²) in [5.74, 6) is 1.48. The van der Waals surface area contributed by atoms with Gasteiger partial charge in [0.2, 0.25) is 17.6 Å². The second-order valence-corrected chi connectivity index (χ2v) is 6.68. The van der Waals surface area contributed by atoms with Gasteiger partial charge in [-0.05, 0) is 12.8 Å². The number of ether oxygens (including phenoxy) is 3. The maximum absolute atomic E-state index is 12.3. The molecule has 1 aromatic rings. The molecule has 0 unspecified atom stereocenters. The third-order valence-electron chi connectivity index (χ3n) is 4.95. The van der Waals surface area contributed by atoms with Gasteiger partial charge in [-0.2, -0.15) is 0 Å². The van der Waals surface area contributed by atoms with Gasteiger partial charge in [0, 0.05) is 38.1 Å². The van der Waals surface area contributed by atoms with E-state index in [-0.39, 0.29) is 17.7 Å². The van der Waals surface area contributed by atoms with Gasteiger partial charge in [0.1, 0.15) is 0 Å². The molecule has 0 saturated heterocycles. The maximum Gasteiger partial charge on any atom is 0.223 e. The fraction of sp³-hybridized carbons (Fsp3) is 0.600. The van der Waals surface area contributed by atoms with E-state index in [9.17, 15) is 9.59 Å². The Morgan fingerprint density at radius 2 is 1.63 bits per heavy atom. The van der Waals surface area contributed by atoms with Crippen LogP contribution >= 0.6 is 0 Å². The third-order valence-corrected chi connectivity index (χ3v) is 4.95. The second kappa shape index (κ2) is 10.0. The van der Waals surface area contributed by atoms with E-state index in [4.69, 9.17) is 14.2 Å². The fourth-order valence-electron chi connectivity index (χ4n) is 3.49. The summed E-state index contributed by atoms with van der Waals surface area (Å²) in [6.45, 7) is 2.25. The molecule has 150 valence electrons. The third kappa shape index (κ3) is 5.28. The summed E-state index contributed by atoms with van der Waals surface area (Å²) in [7, 11) is 4.59. The molecule has 7 nitrogen and oxygen atoms in total. The number of benzene rings is 1. The van der Waals surface area contributed by atoms with Crippen molar-refractivity contribution in [2.24, 2.45) is 5.92 Å². The number of carbonyl (C=O) groups is 2. The first kappa shape index (κ1) is 20.9. The van der Waals surface area contributed by atoms with Crippen LogP contribution in [0.1, 0.15) is 39.0 Å². The van der Waals surface area contributed by atoms with Gasteiger partial charge >= 0.3 is 0 Å². The van der Waals surface area contributed by atoms with Gasteiger partial charge in [0.15, 0.2) is 11.5 Å². The Balaban J connectivity index is 2.08. The summed E-state index contributed by atoms with van der Waals surface area (Å²) in [6.07, 6.45) is 5.35. The molecule has 0 aromatic heterocycles. The number of hydrogen-bond donors (Lipinski definition) is 1. The molecule has 2 rings (SSSR count). The van der Waals surface area contributed by atoms with E-state index < -0.39 is 0 Å².